The molecule has 1 amide bonds. The number of hydrogen-bond donors (Lipinski definition) is 0. The van der Waals surface area contributed by atoms with E-state index in [2.05, 4.69) is 6.07 Å². The first-order chi connectivity index (χ1) is 13.1. The third-order valence-electron chi connectivity index (χ3n) is 4.75. The van der Waals surface area contributed by atoms with Gasteiger partial charge in [0.15, 0.2) is 0 Å². The van der Waals surface area contributed by atoms with Crippen molar-refractivity contribution in [3.63, 3.8) is 0 Å². The van der Waals surface area contributed by atoms with Crippen molar-refractivity contribution < 1.29 is 13.2 Å². The minimum Gasteiger partial charge on any atom is -0.337 e. The number of amides is 1. The molecule has 0 unspecified atom stereocenters. The van der Waals surface area contributed by atoms with E-state index in [0.717, 1.165) is 11.1 Å². The molecule has 0 aliphatic heterocycles. The molecule has 0 heterocycles. The Morgan fingerprint density at radius 3 is 2.25 bits per heavy atom. The van der Waals surface area contributed by atoms with E-state index in [-0.39, 0.29) is 15.8 Å². The molecular formula is C21H27ClN2O3S. The van der Waals surface area contributed by atoms with Crippen LogP contribution in [0.3, 0.4) is 0 Å². The van der Waals surface area contributed by atoms with Crippen LogP contribution in [-0.4, -0.2) is 43.7 Å². The molecule has 28 heavy (non-hydrogen) atoms. The standard InChI is InChI=1S/C21H27ClN2O3S/c1-6-24(7-2)28(26,27)20-13-17(10-11-19(20)22)21(25)23(5)14-18-9-8-15(3)12-16(18)4/h8-13H,6-7,14H2,1-5H3. The first-order valence-corrected chi connectivity index (χ1v) is 11.0. The summed E-state index contributed by atoms with van der Waals surface area (Å²) >= 11 is 6.16. The summed E-state index contributed by atoms with van der Waals surface area (Å²) in [6, 6.07) is 10.5. The zero-order chi connectivity index (χ0) is 21.1. The van der Waals surface area contributed by atoms with Crippen LogP contribution in [0, 0.1) is 13.8 Å². The van der Waals surface area contributed by atoms with Crippen LogP contribution >= 0.6 is 11.6 Å². The van der Waals surface area contributed by atoms with Gasteiger partial charge in [0.2, 0.25) is 10.0 Å². The van der Waals surface area contributed by atoms with E-state index >= 15 is 0 Å². The van der Waals surface area contributed by atoms with Gasteiger partial charge < -0.3 is 4.90 Å². The van der Waals surface area contributed by atoms with E-state index in [1.807, 2.05) is 26.0 Å². The Morgan fingerprint density at radius 2 is 1.68 bits per heavy atom. The predicted octanol–water partition coefficient (Wildman–Crippen LogP) is 4.26. The minimum atomic E-state index is -3.75. The van der Waals surface area contributed by atoms with E-state index in [0.29, 0.717) is 25.2 Å². The Kier molecular flexibility index (Phi) is 7.26. The lowest BCUT2D eigenvalue weighted by Crippen LogP contribution is -2.31. The molecule has 0 N–H and O–H groups in total. The number of aryl methyl sites for hydroxylation is 2. The number of sulfonamides is 1. The molecule has 2 aromatic rings. The van der Waals surface area contributed by atoms with Gasteiger partial charge in [0.25, 0.3) is 5.91 Å². The molecule has 0 saturated heterocycles. The molecule has 0 aliphatic rings. The minimum absolute atomic E-state index is 0.0383. The summed E-state index contributed by atoms with van der Waals surface area (Å²) in [5.74, 6) is -0.257. The van der Waals surface area contributed by atoms with Crippen molar-refractivity contribution >= 4 is 27.5 Å². The fourth-order valence-corrected chi connectivity index (χ4v) is 5.07. The monoisotopic (exact) mass is 422 g/mol. The third kappa shape index (κ3) is 4.74. The number of carbonyl (C=O) groups excluding carboxylic acids is 1. The Bertz CT molecular complexity index is 970. The number of halogens is 1. The second kappa shape index (κ2) is 9.07. The Morgan fingerprint density at radius 1 is 1.04 bits per heavy atom. The molecular weight excluding hydrogens is 396 g/mol. The van der Waals surface area contributed by atoms with Crippen LogP contribution in [0.4, 0.5) is 0 Å². The molecule has 2 aromatic carbocycles. The topological polar surface area (TPSA) is 57.7 Å². The van der Waals surface area contributed by atoms with Crippen molar-refractivity contribution in [3.05, 3.63) is 63.7 Å². The van der Waals surface area contributed by atoms with Gasteiger partial charge >= 0.3 is 0 Å². The molecule has 0 fully saturated rings. The van der Waals surface area contributed by atoms with E-state index in [1.165, 1.54) is 22.0 Å². The third-order valence-corrected chi connectivity index (χ3v) is 7.29. The number of benzene rings is 2. The van der Waals surface area contributed by atoms with Crippen LogP contribution in [0.1, 0.15) is 40.9 Å². The molecule has 0 aromatic heterocycles. The maximum Gasteiger partial charge on any atom is 0.253 e. The van der Waals surface area contributed by atoms with Crippen molar-refractivity contribution in [2.45, 2.75) is 39.1 Å². The zero-order valence-corrected chi connectivity index (χ0v) is 18.6. The average Bonchev–Trinajstić information content (AvgIpc) is 2.64. The molecule has 0 spiro atoms. The summed E-state index contributed by atoms with van der Waals surface area (Å²) in [7, 11) is -2.05. The quantitative estimate of drug-likeness (QED) is 0.669. The van der Waals surface area contributed by atoms with Crippen molar-refractivity contribution in [3.8, 4) is 0 Å². The van der Waals surface area contributed by atoms with Gasteiger partial charge in [-0.05, 0) is 43.2 Å². The van der Waals surface area contributed by atoms with Gasteiger partial charge in [-0.15, -0.1) is 0 Å². The Hall–Kier alpha value is -1.89. The van der Waals surface area contributed by atoms with Crippen LogP contribution in [0.25, 0.3) is 0 Å². The average molecular weight is 423 g/mol. The highest BCUT2D eigenvalue weighted by Gasteiger charge is 2.26. The number of carbonyl (C=O) groups is 1. The van der Waals surface area contributed by atoms with Crippen molar-refractivity contribution in [2.24, 2.45) is 0 Å². The highest BCUT2D eigenvalue weighted by atomic mass is 35.5. The first-order valence-electron chi connectivity index (χ1n) is 9.23. The molecule has 0 radical (unpaired) electrons. The second-order valence-corrected chi connectivity index (χ2v) is 9.14. The SMILES string of the molecule is CCN(CC)S(=O)(=O)c1cc(C(=O)N(C)Cc2ccc(C)cc2C)ccc1Cl. The maximum absolute atomic E-state index is 12.9. The summed E-state index contributed by atoms with van der Waals surface area (Å²) in [6.07, 6.45) is 0. The highest BCUT2D eigenvalue weighted by Crippen LogP contribution is 2.26. The zero-order valence-electron chi connectivity index (χ0n) is 17.0. The molecule has 7 heteroatoms. The lowest BCUT2D eigenvalue weighted by atomic mass is 10.1. The van der Waals surface area contributed by atoms with Crippen molar-refractivity contribution in [2.75, 3.05) is 20.1 Å². The lowest BCUT2D eigenvalue weighted by Gasteiger charge is -2.21. The second-order valence-electron chi connectivity index (χ2n) is 6.83. The van der Waals surface area contributed by atoms with Gasteiger partial charge in [0, 0.05) is 32.2 Å². The molecule has 152 valence electrons. The van der Waals surface area contributed by atoms with Crippen LogP contribution < -0.4 is 0 Å². The fourth-order valence-electron chi connectivity index (χ4n) is 3.11. The van der Waals surface area contributed by atoms with Gasteiger partial charge in [-0.2, -0.15) is 4.31 Å². The van der Waals surface area contributed by atoms with Gasteiger partial charge in [-0.25, -0.2) is 8.42 Å². The normalized spacial score (nSPS) is 11.7. The number of nitrogens with zero attached hydrogens (tertiary/aromatic N) is 2. The van der Waals surface area contributed by atoms with Crippen LogP contribution in [0.5, 0.6) is 0 Å². The Labute approximate surface area is 173 Å². The fraction of sp³-hybridized carbons (Fsp3) is 0.381. The predicted molar refractivity (Wildman–Crippen MR) is 113 cm³/mol. The van der Waals surface area contributed by atoms with Gasteiger partial charge in [0.05, 0.1) is 5.02 Å². The molecule has 0 bridgehead atoms. The summed E-state index contributed by atoms with van der Waals surface area (Å²) in [5.41, 5.74) is 3.62. The molecule has 0 aliphatic carbocycles. The van der Waals surface area contributed by atoms with E-state index in [1.54, 1.807) is 31.9 Å². The van der Waals surface area contributed by atoms with Crippen LogP contribution in [0.15, 0.2) is 41.3 Å². The summed E-state index contributed by atoms with van der Waals surface area (Å²) in [4.78, 5) is 14.4. The maximum atomic E-state index is 12.9. The van der Waals surface area contributed by atoms with Crippen molar-refractivity contribution in [1.82, 2.24) is 9.21 Å². The van der Waals surface area contributed by atoms with E-state index in [4.69, 9.17) is 11.6 Å². The first kappa shape index (κ1) is 22.4. The van der Waals surface area contributed by atoms with Gasteiger partial charge in [0.1, 0.15) is 4.90 Å². The summed E-state index contributed by atoms with van der Waals surface area (Å²) in [6.45, 7) is 8.67. The lowest BCUT2D eigenvalue weighted by molar-refractivity contribution is 0.0784. The number of hydrogen-bond acceptors (Lipinski definition) is 3. The summed E-state index contributed by atoms with van der Waals surface area (Å²) in [5, 5.41) is 0.112. The van der Waals surface area contributed by atoms with Crippen LogP contribution in [-0.2, 0) is 16.6 Å². The summed E-state index contributed by atoms with van der Waals surface area (Å²) < 4.78 is 27.0. The largest absolute Gasteiger partial charge is 0.337 e. The molecule has 2 rings (SSSR count). The number of rotatable bonds is 7. The van der Waals surface area contributed by atoms with Crippen molar-refractivity contribution in [1.29, 1.82) is 0 Å². The van der Waals surface area contributed by atoms with Gasteiger partial charge in [-0.3, -0.25) is 4.79 Å². The molecule has 0 atom stereocenters. The highest BCUT2D eigenvalue weighted by molar-refractivity contribution is 7.89. The smallest absolute Gasteiger partial charge is 0.253 e. The van der Waals surface area contributed by atoms with E-state index in [9.17, 15) is 13.2 Å². The van der Waals surface area contributed by atoms with Crippen LogP contribution in [0.2, 0.25) is 5.02 Å². The molecule has 0 saturated carbocycles. The van der Waals surface area contributed by atoms with Gasteiger partial charge in [-0.1, -0.05) is 49.2 Å². The van der Waals surface area contributed by atoms with E-state index < -0.39 is 10.0 Å². The molecule has 5 nitrogen and oxygen atoms in total. The Balaban J connectivity index is 2.33.